The van der Waals surface area contributed by atoms with Crippen molar-refractivity contribution in [1.82, 2.24) is 5.32 Å². The number of primary amides is 1. The van der Waals surface area contributed by atoms with Crippen LogP contribution >= 0.6 is 15.9 Å². The summed E-state index contributed by atoms with van der Waals surface area (Å²) in [4.78, 5) is 22.1. The molecule has 1 rings (SSSR count). The molecule has 0 aliphatic carbocycles. The van der Waals surface area contributed by atoms with Crippen molar-refractivity contribution < 1.29 is 9.59 Å². The number of amides is 2. The average Bonchev–Trinajstić information content (AvgIpc) is 2.29. The van der Waals surface area contributed by atoms with Crippen molar-refractivity contribution >= 4 is 27.7 Å². The summed E-state index contributed by atoms with van der Waals surface area (Å²) in [7, 11) is 0. The smallest absolute Gasteiger partial charge is 0.251 e. The van der Waals surface area contributed by atoms with Crippen molar-refractivity contribution in [3.8, 4) is 0 Å². The molecular formula is C12H15BrN2O2. The van der Waals surface area contributed by atoms with E-state index in [9.17, 15) is 9.59 Å². The van der Waals surface area contributed by atoms with Crippen LogP contribution in [0.4, 0.5) is 0 Å². The number of unbranched alkanes of at least 4 members (excludes halogenated alkanes) is 1. The maximum atomic E-state index is 11.6. The van der Waals surface area contributed by atoms with Crippen molar-refractivity contribution in [1.29, 1.82) is 0 Å². The lowest BCUT2D eigenvalue weighted by molar-refractivity contribution is -0.118. The summed E-state index contributed by atoms with van der Waals surface area (Å²) in [5.74, 6) is -0.402. The quantitative estimate of drug-likeness (QED) is 0.787. The number of hydrogen-bond acceptors (Lipinski definition) is 2. The SMILES string of the molecule is NC(=O)CCCCNC(=O)c1ccc(Br)cc1. The van der Waals surface area contributed by atoms with Crippen LogP contribution in [0.15, 0.2) is 28.7 Å². The second-order valence-corrected chi connectivity index (χ2v) is 4.60. The van der Waals surface area contributed by atoms with Crippen LogP contribution in [0, 0.1) is 0 Å². The molecule has 0 saturated carbocycles. The van der Waals surface area contributed by atoms with E-state index in [1.807, 2.05) is 12.1 Å². The molecule has 5 heteroatoms. The van der Waals surface area contributed by atoms with E-state index in [-0.39, 0.29) is 11.8 Å². The normalized spacial score (nSPS) is 9.94. The third kappa shape index (κ3) is 5.49. The van der Waals surface area contributed by atoms with Crippen LogP contribution in [-0.4, -0.2) is 18.4 Å². The van der Waals surface area contributed by atoms with Gasteiger partial charge in [-0.05, 0) is 37.1 Å². The molecule has 4 nitrogen and oxygen atoms in total. The molecule has 0 saturated heterocycles. The number of halogens is 1. The molecular weight excluding hydrogens is 284 g/mol. The lowest BCUT2D eigenvalue weighted by Crippen LogP contribution is -2.24. The molecule has 0 aliphatic rings. The highest BCUT2D eigenvalue weighted by Gasteiger charge is 2.03. The van der Waals surface area contributed by atoms with Gasteiger partial charge >= 0.3 is 0 Å². The molecule has 0 radical (unpaired) electrons. The number of benzene rings is 1. The maximum Gasteiger partial charge on any atom is 0.251 e. The first kappa shape index (κ1) is 13.7. The monoisotopic (exact) mass is 298 g/mol. The van der Waals surface area contributed by atoms with Crippen LogP contribution < -0.4 is 11.1 Å². The molecule has 92 valence electrons. The van der Waals surface area contributed by atoms with Crippen LogP contribution in [0.1, 0.15) is 29.6 Å². The molecule has 0 unspecified atom stereocenters. The number of carbonyl (C=O) groups is 2. The minimum Gasteiger partial charge on any atom is -0.370 e. The van der Waals surface area contributed by atoms with Gasteiger partial charge in [0.25, 0.3) is 5.91 Å². The summed E-state index contributed by atoms with van der Waals surface area (Å²) in [6, 6.07) is 7.15. The fourth-order valence-corrected chi connectivity index (χ4v) is 1.59. The van der Waals surface area contributed by atoms with Crippen LogP contribution in [0.2, 0.25) is 0 Å². The maximum absolute atomic E-state index is 11.6. The predicted octanol–water partition coefficient (Wildman–Crippen LogP) is 1.83. The van der Waals surface area contributed by atoms with E-state index in [1.165, 1.54) is 0 Å². The van der Waals surface area contributed by atoms with E-state index in [4.69, 9.17) is 5.73 Å². The zero-order valence-corrected chi connectivity index (χ0v) is 11.0. The second kappa shape index (κ2) is 7.06. The Hall–Kier alpha value is -1.36. The Balaban J connectivity index is 2.25. The minimum atomic E-state index is -0.302. The molecule has 0 bridgehead atoms. The Labute approximate surface area is 109 Å². The van der Waals surface area contributed by atoms with Crippen LogP contribution in [-0.2, 0) is 4.79 Å². The highest BCUT2D eigenvalue weighted by atomic mass is 79.9. The molecule has 1 aromatic carbocycles. The lowest BCUT2D eigenvalue weighted by Gasteiger charge is -2.04. The van der Waals surface area contributed by atoms with Gasteiger partial charge in [0.15, 0.2) is 0 Å². The molecule has 0 spiro atoms. The standard InChI is InChI=1S/C12H15BrN2O2/c13-10-6-4-9(5-7-10)12(17)15-8-2-1-3-11(14)16/h4-7H,1-3,8H2,(H2,14,16)(H,15,17). The Kier molecular flexibility index (Phi) is 5.69. The first-order chi connectivity index (χ1) is 8.09. The van der Waals surface area contributed by atoms with E-state index in [0.29, 0.717) is 24.9 Å². The molecule has 2 amide bonds. The van der Waals surface area contributed by atoms with Gasteiger partial charge in [-0.15, -0.1) is 0 Å². The van der Waals surface area contributed by atoms with Crippen LogP contribution in [0.25, 0.3) is 0 Å². The Morgan fingerprint density at radius 2 is 1.82 bits per heavy atom. The van der Waals surface area contributed by atoms with Gasteiger partial charge < -0.3 is 11.1 Å². The summed E-state index contributed by atoms with van der Waals surface area (Å²) >= 11 is 3.31. The molecule has 0 atom stereocenters. The minimum absolute atomic E-state index is 0.100. The van der Waals surface area contributed by atoms with Gasteiger partial charge in [0.05, 0.1) is 0 Å². The van der Waals surface area contributed by atoms with Crippen molar-refractivity contribution in [2.24, 2.45) is 5.73 Å². The molecule has 0 aromatic heterocycles. The third-order valence-electron chi connectivity index (χ3n) is 2.24. The highest BCUT2D eigenvalue weighted by molar-refractivity contribution is 9.10. The zero-order valence-electron chi connectivity index (χ0n) is 9.41. The van der Waals surface area contributed by atoms with E-state index in [2.05, 4.69) is 21.2 Å². The molecule has 0 heterocycles. The van der Waals surface area contributed by atoms with Crippen molar-refractivity contribution in [2.45, 2.75) is 19.3 Å². The highest BCUT2D eigenvalue weighted by Crippen LogP contribution is 2.10. The van der Waals surface area contributed by atoms with Crippen LogP contribution in [0.5, 0.6) is 0 Å². The van der Waals surface area contributed by atoms with E-state index < -0.39 is 0 Å². The average molecular weight is 299 g/mol. The Bertz CT molecular complexity index is 390. The summed E-state index contributed by atoms with van der Waals surface area (Å²) in [5.41, 5.74) is 5.64. The van der Waals surface area contributed by atoms with Crippen LogP contribution in [0.3, 0.4) is 0 Å². The van der Waals surface area contributed by atoms with Gasteiger partial charge in [-0.3, -0.25) is 9.59 Å². The third-order valence-corrected chi connectivity index (χ3v) is 2.77. The fraction of sp³-hybridized carbons (Fsp3) is 0.333. The van der Waals surface area contributed by atoms with E-state index in [1.54, 1.807) is 12.1 Å². The second-order valence-electron chi connectivity index (χ2n) is 3.69. The summed E-state index contributed by atoms with van der Waals surface area (Å²) in [6.07, 6.45) is 1.83. The fourth-order valence-electron chi connectivity index (χ4n) is 1.33. The van der Waals surface area contributed by atoms with Gasteiger partial charge in [0.1, 0.15) is 0 Å². The largest absolute Gasteiger partial charge is 0.370 e. The summed E-state index contributed by atoms with van der Waals surface area (Å²) in [5, 5.41) is 2.79. The first-order valence-electron chi connectivity index (χ1n) is 5.41. The number of carbonyl (C=O) groups excluding carboxylic acids is 2. The van der Waals surface area contributed by atoms with E-state index >= 15 is 0 Å². The number of rotatable bonds is 6. The lowest BCUT2D eigenvalue weighted by atomic mass is 10.2. The molecule has 1 aromatic rings. The number of hydrogen-bond donors (Lipinski definition) is 2. The zero-order chi connectivity index (χ0) is 12.7. The predicted molar refractivity (Wildman–Crippen MR) is 69.5 cm³/mol. The van der Waals surface area contributed by atoms with Crippen molar-refractivity contribution in [3.63, 3.8) is 0 Å². The van der Waals surface area contributed by atoms with Gasteiger partial charge in [-0.1, -0.05) is 15.9 Å². The van der Waals surface area contributed by atoms with Crippen molar-refractivity contribution in [2.75, 3.05) is 6.54 Å². The van der Waals surface area contributed by atoms with Gasteiger partial charge in [0, 0.05) is 23.0 Å². The number of nitrogens with two attached hydrogens (primary N) is 1. The first-order valence-corrected chi connectivity index (χ1v) is 6.21. The Morgan fingerprint density at radius 3 is 2.41 bits per heavy atom. The molecule has 0 aliphatic heterocycles. The number of nitrogens with one attached hydrogen (secondary N) is 1. The van der Waals surface area contributed by atoms with Gasteiger partial charge in [-0.2, -0.15) is 0 Å². The van der Waals surface area contributed by atoms with Gasteiger partial charge in [0.2, 0.25) is 5.91 Å². The Morgan fingerprint density at radius 1 is 1.18 bits per heavy atom. The summed E-state index contributed by atoms with van der Waals surface area (Å²) < 4.78 is 0.940. The molecule has 17 heavy (non-hydrogen) atoms. The van der Waals surface area contributed by atoms with E-state index in [0.717, 1.165) is 10.9 Å². The summed E-state index contributed by atoms with van der Waals surface area (Å²) in [6.45, 7) is 0.558. The molecule has 0 fully saturated rings. The topological polar surface area (TPSA) is 72.2 Å². The molecule has 3 N–H and O–H groups in total. The van der Waals surface area contributed by atoms with Crippen molar-refractivity contribution in [3.05, 3.63) is 34.3 Å². The van der Waals surface area contributed by atoms with Gasteiger partial charge in [-0.25, -0.2) is 0 Å².